The topological polar surface area (TPSA) is 124 Å². The van der Waals surface area contributed by atoms with Gasteiger partial charge in [0.15, 0.2) is 6.10 Å². The fraction of sp³-hybridized carbons (Fsp3) is 0.833. The molecular weight excluding hydrogens is 765 g/mol. The molecule has 4 atom stereocenters. The maximum absolute atomic E-state index is 12.7. The van der Waals surface area contributed by atoms with Crippen LogP contribution >= 0.6 is 7.82 Å². The molecule has 0 spiro atoms. The van der Waals surface area contributed by atoms with Gasteiger partial charge in [0.1, 0.15) is 19.8 Å². The third kappa shape index (κ3) is 37.7. The summed E-state index contributed by atoms with van der Waals surface area (Å²) >= 11 is 0. The van der Waals surface area contributed by atoms with Crippen LogP contribution in [0, 0.1) is 0 Å². The Morgan fingerprint density at radius 2 is 1.14 bits per heavy atom. The second-order valence-corrected chi connectivity index (χ2v) is 18.9. The van der Waals surface area contributed by atoms with Gasteiger partial charge in [0, 0.05) is 12.8 Å². The molecule has 1 aliphatic rings. The molecule has 11 heteroatoms. The average molecular weight is 854 g/mol. The van der Waals surface area contributed by atoms with Gasteiger partial charge in [0.25, 0.3) is 7.82 Å². The number of rotatable bonds is 42. The molecule has 344 valence electrons. The van der Waals surface area contributed by atoms with Crippen LogP contribution in [0.25, 0.3) is 0 Å². The molecule has 1 fully saturated rings. The molecule has 1 saturated heterocycles. The summed E-state index contributed by atoms with van der Waals surface area (Å²) < 4.78 is 39.7. The minimum Gasteiger partial charge on any atom is -0.756 e. The monoisotopic (exact) mass is 854 g/mol. The molecule has 0 bridgehead atoms. The van der Waals surface area contributed by atoms with Crippen LogP contribution in [-0.4, -0.2) is 82.2 Å². The summed E-state index contributed by atoms with van der Waals surface area (Å²) in [7, 11) is 1.14. The van der Waals surface area contributed by atoms with Crippen molar-refractivity contribution in [3.8, 4) is 0 Å². The van der Waals surface area contributed by atoms with Crippen LogP contribution in [0.1, 0.15) is 194 Å². The Morgan fingerprint density at radius 1 is 0.627 bits per heavy atom. The number of carbonyl (C=O) groups excluding carboxylic acids is 2. The number of unbranched alkanes of at least 4 members (excludes halogenated alkanes) is 19. The molecule has 0 radical (unpaired) electrons. The zero-order chi connectivity index (χ0) is 43.3. The van der Waals surface area contributed by atoms with Crippen LogP contribution in [0.2, 0.25) is 0 Å². The van der Waals surface area contributed by atoms with Gasteiger partial charge in [0.05, 0.1) is 40.0 Å². The number of allylic oxidation sites excluding steroid dienone is 5. The van der Waals surface area contributed by atoms with E-state index in [1.807, 2.05) is 21.1 Å². The normalized spacial score (nSPS) is 17.3. The van der Waals surface area contributed by atoms with Crippen LogP contribution in [-0.2, 0) is 37.4 Å². The van der Waals surface area contributed by atoms with Crippen LogP contribution in [0.5, 0.6) is 0 Å². The lowest BCUT2D eigenvalue weighted by Gasteiger charge is -2.28. The Labute approximate surface area is 361 Å². The molecule has 0 aromatic rings. The van der Waals surface area contributed by atoms with Gasteiger partial charge in [-0.2, -0.15) is 0 Å². The molecule has 0 aromatic heterocycles. The smallest absolute Gasteiger partial charge is 0.306 e. The van der Waals surface area contributed by atoms with Gasteiger partial charge >= 0.3 is 11.9 Å². The van der Waals surface area contributed by atoms with Gasteiger partial charge in [-0.1, -0.05) is 147 Å². The summed E-state index contributed by atoms with van der Waals surface area (Å²) in [6.45, 7) is 4.15. The van der Waals surface area contributed by atoms with E-state index in [-0.39, 0.29) is 26.1 Å². The Balaban J connectivity index is 2.24. The van der Waals surface area contributed by atoms with Crippen LogP contribution in [0.4, 0.5) is 0 Å². The van der Waals surface area contributed by atoms with E-state index >= 15 is 0 Å². The molecule has 59 heavy (non-hydrogen) atoms. The SMILES string of the molecule is CCCCC/C=C\C/C=C\CCCCCCCCCCCC(=O)OC[C@H](COP(=O)([O-])OCC[N+](C)(C)C)OC(=O)CCCCCCC/C=C\CC1OC1CCCCC. The summed E-state index contributed by atoms with van der Waals surface area (Å²) in [5.74, 6) is -0.859. The summed E-state index contributed by atoms with van der Waals surface area (Å²) in [4.78, 5) is 37.6. The third-order valence-corrected chi connectivity index (χ3v) is 11.5. The molecule has 1 rings (SSSR count). The van der Waals surface area contributed by atoms with Crippen molar-refractivity contribution in [2.24, 2.45) is 0 Å². The fourth-order valence-corrected chi connectivity index (χ4v) is 7.42. The highest BCUT2D eigenvalue weighted by molar-refractivity contribution is 7.45. The van der Waals surface area contributed by atoms with Gasteiger partial charge in [0.2, 0.25) is 0 Å². The summed E-state index contributed by atoms with van der Waals surface area (Å²) in [6.07, 6.45) is 43.3. The lowest BCUT2D eigenvalue weighted by Crippen LogP contribution is -2.37. The average Bonchev–Trinajstić information content (AvgIpc) is 3.94. The second kappa shape index (κ2) is 36.8. The van der Waals surface area contributed by atoms with Crippen molar-refractivity contribution in [3.63, 3.8) is 0 Å². The molecular formula is C48H88NO9P. The van der Waals surface area contributed by atoms with Crippen molar-refractivity contribution in [2.75, 3.05) is 47.5 Å². The number of phosphoric ester groups is 1. The van der Waals surface area contributed by atoms with E-state index in [4.69, 9.17) is 23.3 Å². The van der Waals surface area contributed by atoms with E-state index in [9.17, 15) is 19.0 Å². The van der Waals surface area contributed by atoms with Crippen LogP contribution < -0.4 is 4.89 Å². The highest BCUT2D eigenvalue weighted by Crippen LogP contribution is 2.38. The van der Waals surface area contributed by atoms with Crippen molar-refractivity contribution in [2.45, 2.75) is 212 Å². The number of phosphoric acid groups is 1. The number of carbonyl (C=O) groups is 2. The zero-order valence-electron chi connectivity index (χ0n) is 38.4. The predicted molar refractivity (Wildman–Crippen MR) is 240 cm³/mol. The number of quaternary nitrogens is 1. The van der Waals surface area contributed by atoms with Gasteiger partial charge in [-0.15, -0.1) is 0 Å². The summed E-state index contributed by atoms with van der Waals surface area (Å²) in [5, 5.41) is 0. The molecule has 0 saturated carbocycles. The largest absolute Gasteiger partial charge is 0.756 e. The summed E-state index contributed by atoms with van der Waals surface area (Å²) in [5.41, 5.74) is 0. The van der Waals surface area contributed by atoms with Crippen molar-refractivity contribution in [3.05, 3.63) is 36.5 Å². The zero-order valence-corrected chi connectivity index (χ0v) is 39.3. The standard InChI is InChI=1S/C48H88NO9P/c1-6-8-10-11-12-13-14-15-16-17-18-19-20-21-22-23-27-30-34-38-47(50)54-42-44(43-56-59(52,53)55-41-40-49(3,4)5)57-48(51)39-35-31-28-25-24-26-29-33-37-46-45(58-46)36-32-9-7-2/h12-13,15-16,29,33,44-46H,6-11,14,17-28,30-32,34-43H2,1-5H3/b13-12-,16-15-,33-29-/t44-,45?,46?/m1/s1. The molecule has 10 nitrogen and oxygen atoms in total. The Bertz CT molecular complexity index is 1170. The number of hydrogen-bond acceptors (Lipinski definition) is 9. The van der Waals surface area contributed by atoms with E-state index in [0.29, 0.717) is 29.7 Å². The second-order valence-electron chi connectivity index (χ2n) is 17.5. The number of esters is 2. The molecule has 1 heterocycles. The number of likely N-dealkylation sites (N-methyl/N-ethyl adjacent to an activating group) is 1. The maximum Gasteiger partial charge on any atom is 0.306 e. The van der Waals surface area contributed by atoms with E-state index in [1.54, 1.807) is 0 Å². The van der Waals surface area contributed by atoms with E-state index in [1.165, 1.54) is 83.5 Å². The molecule has 1 aliphatic heterocycles. The number of epoxide rings is 1. The predicted octanol–water partition coefficient (Wildman–Crippen LogP) is 12.0. The Morgan fingerprint density at radius 3 is 1.71 bits per heavy atom. The first kappa shape index (κ1) is 55.2. The van der Waals surface area contributed by atoms with Crippen molar-refractivity contribution in [1.82, 2.24) is 0 Å². The Kier molecular flexibility index (Phi) is 34.4. The van der Waals surface area contributed by atoms with Crippen LogP contribution in [0.15, 0.2) is 36.5 Å². The molecule has 0 aromatic carbocycles. The quantitative estimate of drug-likeness (QED) is 0.0147. The van der Waals surface area contributed by atoms with E-state index < -0.39 is 32.5 Å². The van der Waals surface area contributed by atoms with Crippen molar-refractivity contribution >= 4 is 19.8 Å². The Hall–Kier alpha value is -1.81. The minimum atomic E-state index is -4.64. The lowest BCUT2D eigenvalue weighted by atomic mass is 10.1. The fourth-order valence-electron chi connectivity index (χ4n) is 6.69. The van der Waals surface area contributed by atoms with Gasteiger partial charge in [-0.3, -0.25) is 14.2 Å². The number of nitrogens with zero attached hydrogens (tertiary/aromatic N) is 1. The van der Waals surface area contributed by atoms with Crippen LogP contribution in [0.3, 0.4) is 0 Å². The highest BCUT2D eigenvalue weighted by Gasteiger charge is 2.36. The summed E-state index contributed by atoms with van der Waals surface area (Å²) in [6, 6.07) is 0. The number of ether oxygens (including phenoxy) is 3. The van der Waals surface area contributed by atoms with Crippen molar-refractivity contribution in [1.29, 1.82) is 0 Å². The molecule has 0 amide bonds. The van der Waals surface area contributed by atoms with Crippen molar-refractivity contribution < 1.29 is 46.8 Å². The molecule has 0 aliphatic carbocycles. The third-order valence-electron chi connectivity index (χ3n) is 10.6. The molecule has 0 N–H and O–H groups in total. The first-order chi connectivity index (χ1) is 28.5. The van der Waals surface area contributed by atoms with E-state index in [0.717, 1.165) is 77.0 Å². The lowest BCUT2D eigenvalue weighted by molar-refractivity contribution is -0.870. The minimum absolute atomic E-state index is 0.0371. The van der Waals surface area contributed by atoms with Gasteiger partial charge in [-0.05, 0) is 70.6 Å². The van der Waals surface area contributed by atoms with Gasteiger partial charge < -0.3 is 32.6 Å². The van der Waals surface area contributed by atoms with Gasteiger partial charge in [-0.25, -0.2) is 0 Å². The first-order valence-electron chi connectivity index (χ1n) is 23.8. The number of hydrogen-bond donors (Lipinski definition) is 0. The first-order valence-corrected chi connectivity index (χ1v) is 25.3. The molecule has 3 unspecified atom stereocenters. The maximum atomic E-state index is 12.7. The van der Waals surface area contributed by atoms with E-state index in [2.05, 4.69) is 50.3 Å². The highest BCUT2D eigenvalue weighted by atomic mass is 31.2.